The Bertz CT molecular complexity index is 1470. The molecule has 2 aromatic heterocycles. The zero-order chi connectivity index (χ0) is 28.0. The molecule has 8 nitrogen and oxygen atoms in total. The lowest BCUT2D eigenvalue weighted by Crippen LogP contribution is -2.45. The maximum absolute atomic E-state index is 10.6. The van der Waals surface area contributed by atoms with Gasteiger partial charge in [0.05, 0.1) is 30.8 Å². The summed E-state index contributed by atoms with van der Waals surface area (Å²) in [6.45, 7) is 10.6. The fourth-order valence-corrected chi connectivity index (χ4v) is 5.73. The highest BCUT2D eigenvalue weighted by atomic mass is 16.5. The van der Waals surface area contributed by atoms with Gasteiger partial charge in [-0.3, -0.25) is 9.88 Å². The van der Waals surface area contributed by atoms with Crippen LogP contribution in [0.25, 0.3) is 23.2 Å². The molecule has 41 heavy (non-hydrogen) atoms. The minimum absolute atomic E-state index is 0.206. The Hall–Kier alpha value is -3.72. The molecule has 0 radical (unpaired) electrons. The zero-order valence-electron chi connectivity index (χ0n) is 23.9. The lowest BCUT2D eigenvalue weighted by molar-refractivity contribution is 0.0322. The van der Waals surface area contributed by atoms with E-state index >= 15 is 0 Å². The number of fused-ring (bicyclic) bond motifs is 1. The van der Waals surface area contributed by atoms with Crippen molar-refractivity contribution >= 4 is 29.1 Å². The number of nitrogens with zero attached hydrogens (tertiary/aromatic N) is 5. The van der Waals surface area contributed by atoms with Crippen LogP contribution in [0.5, 0.6) is 5.75 Å². The minimum atomic E-state index is 0.206. The molecular weight excluding hydrogens is 512 g/mol. The molecule has 0 bridgehead atoms. The van der Waals surface area contributed by atoms with E-state index in [9.17, 15) is 5.11 Å². The summed E-state index contributed by atoms with van der Waals surface area (Å²) in [6.07, 6.45) is 6.41. The first-order valence-corrected chi connectivity index (χ1v) is 14.8. The third-order valence-electron chi connectivity index (χ3n) is 8.19. The molecule has 2 saturated heterocycles. The van der Waals surface area contributed by atoms with Crippen molar-refractivity contribution in [2.45, 2.75) is 32.4 Å². The number of hydrogen-bond acceptors (Lipinski definition) is 7. The number of aromatic nitrogens is 3. The highest BCUT2D eigenvalue weighted by molar-refractivity contribution is 5.83. The lowest BCUT2D eigenvalue weighted by atomic mass is 10.1. The van der Waals surface area contributed by atoms with Crippen LogP contribution in [0, 0.1) is 6.92 Å². The molecule has 214 valence electrons. The van der Waals surface area contributed by atoms with Gasteiger partial charge in [0.1, 0.15) is 11.4 Å². The summed E-state index contributed by atoms with van der Waals surface area (Å²) in [5.74, 6) is 1.04. The first-order valence-electron chi connectivity index (χ1n) is 14.8. The van der Waals surface area contributed by atoms with Gasteiger partial charge in [0, 0.05) is 51.0 Å². The zero-order valence-corrected chi connectivity index (χ0v) is 23.9. The Balaban J connectivity index is 1.20. The van der Waals surface area contributed by atoms with Gasteiger partial charge >= 0.3 is 0 Å². The molecule has 0 spiro atoms. The van der Waals surface area contributed by atoms with Crippen LogP contribution in [0.15, 0.2) is 60.7 Å². The highest BCUT2D eigenvalue weighted by Gasteiger charge is 2.23. The van der Waals surface area contributed by atoms with Gasteiger partial charge in [-0.2, -0.15) is 0 Å². The number of nitrogens with one attached hydrogen (secondary N) is 1. The van der Waals surface area contributed by atoms with Crippen LogP contribution in [0.3, 0.4) is 0 Å². The molecule has 0 unspecified atom stereocenters. The number of aromatic hydroxyl groups is 1. The summed E-state index contributed by atoms with van der Waals surface area (Å²) in [4.78, 5) is 14.8. The predicted molar refractivity (Wildman–Crippen MR) is 165 cm³/mol. The number of morpholine rings is 1. The van der Waals surface area contributed by atoms with Gasteiger partial charge in [-0.25, -0.2) is 4.98 Å². The van der Waals surface area contributed by atoms with Crippen molar-refractivity contribution in [2.75, 3.05) is 57.8 Å². The SMILES string of the molecule is Cc1ccc(O)c(Cn2c(NC3CCN(CCN4CCOCC4)CC3)nc3ccc(C=Cc4ccccc4)cc32)n1. The predicted octanol–water partition coefficient (Wildman–Crippen LogP) is 4.87. The van der Waals surface area contributed by atoms with E-state index in [1.807, 2.05) is 31.2 Å². The van der Waals surface area contributed by atoms with Gasteiger partial charge in [0.15, 0.2) is 0 Å². The van der Waals surface area contributed by atoms with E-state index in [1.54, 1.807) is 6.07 Å². The Labute approximate surface area is 242 Å². The van der Waals surface area contributed by atoms with Crippen LogP contribution < -0.4 is 5.32 Å². The fourth-order valence-electron chi connectivity index (χ4n) is 5.73. The summed E-state index contributed by atoms with van der Waals surface area (Å²) in [6, 6.07) is 20.6. The fraction of sp³-hybridized carbons (Fsp3) is 0.394. The second-order valence-electron chi connectivity index (χ2n) is 11.1. The number of imidazole rings is 1. The molecule has 2 aliphatic heterocycles. The van der Waals surface area contributed by atoms with Crippen LogP contribution in [0.4, 0.5) is 5.95 Å². The second-order valence-corrected chi connectivity index (χ2v) is 11.1. The van der Waals surface area contributed by atoms with Crippen molar-refractivity contribution in [1.29, 1.82) is 0 Å². The number of ether oxygens (including phenoxy) is 1. The van der Waals surface area contributed by atoms with E-state index in [0.717, 1.165) is 99.1 Å². The van der Waals surface area contributed by atoms with Gasteiger partial charge in [-0.05, 0) is 55.2 Å². The van der Waals surface area contributed by atoms with E-state index in [0.29, 0.717) is 18.3 Å². The van der Waals surface area contributed by atoms with E-state index in [2.05, 4.69) is 67.2 Å². The maximum atomic E-state index is 10.6. The molecule has 0 saturated carbocycles. The Kier molecular flexibility index (Phi) is 8.60. The summed E-state index contributed by atoms with van der Waals surface area (Å²) in [5.41, 5.74) is 5.74. The van der Waals surface area contributed by atoms with Crippen molar-refractivity contribution in [3.05, 3.63) is 83.2 Å². The van der Waals surface area contributed by atoms with Crippen molar-refractivity contribution < 1.29 is 9.84 Å². The number of hydrogen-bond donors (Lipinski definition) is 2. The van der Waals surface area contributed by atoms with Crippen molar-refractivity contribution in [3.8, 4) is 5.75 Å². The van der Waals surface area contributed by atoms with Gasteiger partial charge < -0.3 is 24.6 Å². The quantitative estimate of drug-likeness (QED) is 0.287. The van der Waals surface area contributed by atoms with Crippen molar-refractivity contribution in [2.24, 2.45) is 0 Å². The number of benzene rings is 2. The van der Waals surface area contributed by atoms with Crippen molar-refractivity contribution in [1.82, 2.24) is 24.3 Å². The Morgan fingerprint density at radius 1 is 0.878 bits per heavy atom. The number of anilines is 1. The van der Waals surface area contributed by atoms with E-state index in [-0.39, 0.29) is 5.75 Å². The largest absolute Gasteiger partial charge is 0.506 e. The second kappa shape index (κ2) is 12.9. The van der Waals surface area contributed by atoms with Gasteiger partial charge in [-0.1, -0.05) is 48.6 Å². The number of aryl methyl sites for hydroxylation is 1. The summed E-state index contributed by atoms with van der Waals surface area (Å²) in [7, 11) is 0. The molecule has 2 aliphatic rings. The Morgan fingerprint density at radius 3 is 2.39 bits per heavy atom. The molecule has 2 N–H and O–H groups in total. The van der Waals surface area contributed by atoms with Gasteiger partial charge in [-0.15, -0.1) is 0 Å². The van der Waals surface area contributed by atoms with Gasteiger partial charge in [0.2, 0.25) is 5.95 Å². The maximum Gasteiger partial charge on any atom is 0.204 e. The molecular formula is C33H40N6O2. The average molecular weight is 553 g/mol. The van der Waals surface area contributed by atoms with Crippen LogP contribution in [-0.4, -0.2) is 88.0 Å². The first-order chi connectivity index (χ1) is 20.1. The van der Waals surface area contributed by atoms with Crippen LogP contribution in [0.2, 0.25) is 0 Å². The molecule has 0 aliphatic carbocycles. The number of piperidine rings is 1. The smallest absolute Gasteiger partial charge is 0.204 e. The third kappa shape index (κ3) is 6.96. The molecule has 6 rings (SSSR count). The lowest BCUT2D eigenvalue weighted by Gasteiger charge is -2.34. The molecule has 2 fully saturated rings. The minimum Gasteiger partial charge on any atom is -0.506 e. The molecule has 8 heteroatoms. The number of likely N-dealkylation sites (tertiary alicyclic amines) is 1. The first kappa shape index (κ1) is 27.4. The van der Waals surface area contributed by atoms with Crippen molar-refractivity contribution in [3.63, 3.8) is 0 Å². The standard InChI is InChI=1S/C33H40N6O2/c1-25-7-12-32(40)30(34-25)24-39-31-23-27(9-8-26-5-3-2-4-6-26)10-11-29(31)36-33(39)35-28-13-15-37(16-14-28)17-18-38-19-21-41-22-20-38/h2-12,23,28,40H,13-22,24H2,1H3,(H,35,36). The molecule has 4 heterocycles. The molecule has 4 aromatic rings. The summed E-state index contributed by atoms with van der Waals surface area (Å²) >= 11 is 0. The van der Waals surface area contributed by atoms with E-state index < -0.39 is 0 Å². The van der Waals surface area contributed by atoms with E-state index in [1.165, 1.54) is 0 Å². The summed E-state index contributed by atoms with van der Waals surface area (Å²) in [5, 5.41) is 14.4. The van der Waals surface area contributed by atoms with Crippen LogP contribution in [0.1, 0.15) is 35.4 Å². The monoisotopic (exact) mass is 552 g/mol. The number of pyridine rings is 1. The highest BCUT2D eigenvalue weighted by Crippen LogP contribution is 2.27. The summed E-state index contributed by atoms with van der Waals surface area (Å²) < 4.78 is 7.66. The molecule has 0 atom stereocenters. The van der Waals surface area contributed by atoms with Crippen LogP contribution in [-0.2, 0) is 11.3 Å². The molecule has 2 aromatic carbocycles. The van der Waals surface area contributed by atoms with E-state index in [4.69, 9.17) is 9.72 Å². The normalized spacial score (nSPS) is 17.5. The van der Waals surface area contributed by atoms with Crippen LogP contribution >= 0.6 is 0 Å². The Morgan fingerprint density at radius 2 is 1.61 bits per heavy atom. The third-order valence-corrected chi connectivity index (χ3v) is 8.19. The number of rotatable bonds is 9. The molecule has 0 amide bonds. The topological polar surface area (TPSA) is 78.7 Å². The average Bonchev–Trinajstić information content (AvgIpc) is 3.34. The van der Waals surface area contributed by atoms with Gasteiger partial charge in [0.25, 0.3) is 0 Å².